The zero-order valence-electron chi connectivity index (χ0n) is 19.5. The minimum absolute atomic E-state index is 0.198. The summed E-state index contributed by atoms with van der Waals surface area (Å²) >= 11 is 0. The zero-order chi connectivity index (χ0) is 24.5. The molecule has 176 valence electrons. The molecule has 0 atom stereocenters. The number of hydrogen-bond donors (Lipinski definition) is 1. The second kappa shape index (κ2) is 9.14. The van der Waals surface area contributed by atoms with Crippen molar-refractivity contribution in [2.45, 2.75) is 32.6 Å². The van der Waals surface area contributed by atoms with Crippen molar-refractivity contribution in [2.24, 2.45) is 0 Å². The molecule has 34 heavy (non-hydrogen) atoms. The van der Waals surface area contributed by atoms with Crippen molar-refractivity contribution >= 4 is 15.7 Å². The van der Waals surface area contributed by atoms with Gasteiger partial charge in [-0.05, 0) is 81.3 Å². The van der Waals surface area contributed by atoms with E-state index in [4.69, 9.17) is 9.47 Å². The Hall–Kier alpha value is -3.92. The highest BCUT2D eigenvalue weighted by molar-refractivity contribution is 7.92. The number of ether oxygens (including phenoxy) is 2. The first kappa shape index (κ1) is 23.2. The second-order valence-electron chi connectivity index (χ2n) is 7.87. The van der Waals surface area contributed by atoms with E-state index >= 15 is 0 Å². The fraction of sp³-hybridized carbons (Fsp3) is 0.208. The van der Waals surface area contributed by atoms with Gasteiger partial charge >= 0.3 is 0 Å². The lowest BCUT2D eigenvalue weighted by Gasteiger charge is -2.14. The number of methoxy groups -OCH3 is 1. The van der Waals surface area contributed by atoms with Crippen molar-refractivity contribution in [3.63, 3.8) is 0 Å². The molecule has 0 unspecified atom stereocenters. The van der Waals surface area contributed by atoms with Gasteiger partial charge in [-0.2, -0.15) is 5.10 Å². The first-order chi connectivity index (χ1) is 16.2. The monoisotopic (exact) mass is 479 g/mol. The van der Waals surface area contributed by atoms with Crippen molar-refractivity contribution in [3.8, 4) is 23.2 Å². The maximum Gasteiger partial charge on any atom is 0.262 e. The van der Waals surface area contributed by atoms with Crippen molar-refractivity contribution in [3.05, 3.63) is 77.4 Å². The predicted molar refractivity (Wildman–Crippen MR) is 128 cm³/mol. The van der Waals surface area contributed by atoms with E-state index in [1.165, 1.54) is 6.33 Å². The van der Waals surface area contributed by atoms with Gasteiger partial charge in [0, 0.05) is 17.4 Å². The van der Waals surface area contributed by atoms with Gasteiger partial charge < -0.3 is 9.47 Å². The molecule has 0 aliphatic carbocycles. The zero-order valence-corrected chi connectivity index (χ0v) is 20.3. The number of nitrogens with zero attached hydrogens (tertiary/aromatic N) is 4. The van der Waals surface area contributed by atoms with E-state index in [0.717, 1.165) is 17.0 Å². The molecule has 2 aromatic heterocycles. The third-order valence-electron chi connectivity index (χ3n) is 5.17. The Morgan fingerprint density at radius 3 is 2.29 bits per heavy atom. The number of rotatable bonds is 7. The van der Waals surface area contributed by atoms with Crippen LogP contribution in [0, 0.1) is 27.7 Å². The Bertz CT molecular complexity index is 1450. The number of aryl methyl sites for hydroxylation is 4. The van der Waals surface area contributed by atoms with E-state index in [1.807, 2.05) is 19.9 Å². The molecule has 2 heterocycles. The summed E-state index contributed by atoms with van der Waals surface area (Å²) in [5.41, 5.74) is 3.57. The molecular weight excluding hydrogens is 454 g/mol. The van der Waals surface area contributed by atoms with Crippen molar-refractivity contribution in [2.75, 3.05) is 11.8 Å². The molecule has 9 nitrogen and oxygen atoms in total. The SMILES string of the molecule is COc1cc(C)c(S(=O)(=O)Nc2ccc(Oc3cc(-n4nc(C)cc4C)ncn3)cc2)cc1C. The molecule has 0 spiro atoms. The fourth-order valence-electron chi connectivity index (χ4n) is 3.56. The van der Waals surface area contributed by atoms with Crippen LogP contribution in [0.4, 0.5) is 5.69 Å². The van der Waals surface area contributed by atoms with Crippen LogP contribution in [0.5, 0.6) is 17.4 Å². The average molecular weight is 480 g/mol. The topological polar surface area (TPSA) is 108 Å². The molecule has 2 aromatic carbocycles. The first-order valence-corrected chi connectivity index (χ1v) is 12.0. The molecule has 0 radical (unpaired) electrons. The molecule has 0 saturated heterocycles. The molecule has 0 aliphatic rings. The molecule has 4 aromatic rings. The van der Waals surface area contributed by atoms with Gasteiger partial charge in [0.25, 0.3) is 10.0 Å². The molecular formula is C24H25N5O4S. The third kappa shape index (κ3) is 4.86. The van der Waals surface area contributed by atoms with Gasteiger partial charge in [-0.25, -0.2) is 23.1 Å². The standard InChI is InChI=1S/C24H25N5O4S/c1-15-11-22(16(2)10-21(15)32-5)34(30,31)28-19-6-8-20(9-7-19)33-24-13-23(25-14-26-24)29-18(4)12-17(3)27-29/h6-14,28H,1-5H3. The summed E-state index contributed by atoms with van der Waals surface area (Å²) in [4.78, 5) is 8.61. The minimum Gasteiger partial charge on any atom is -0.496 e. The summed E-state index contributed by atoms with van der Waals surface area (Å²) < 4.78 is 41.3. The molecule has 4 rings (SSSR count). The van der Waals surface area contributed by atoms with Crippen LogP contribution in [0.15, 0.2) is 59.8 Å². The highest BCUT2D eigenvalue weighted by atomic mass is 32.2. The maximum atomic E-state index is 12.9. The molecule has 0 fully saturated rings. The van der Waals surface area contributed by atoms with Gasteiger partial charge in [0.05, 0.1) is 17.7 Å². The van der Waals surface area contributed by atoms with E-state index < -0.39 is 10.0 Å². The largest absolute Gasteiger partial charge is 0.496 e. The Labute approximate surface area is 198 Å². The van der Waals surface area contributed by atoms with Crippen LogP contribution in [-0.2, 0) is 10.0 Å². The van der Waals surface area contributed by atoms with Crippen LogP contribution >= 0.6 is 0 Å². The summed E-state index contributed by atoms with van der Waals surface area (Å²) in [7, 11) is -2.22. The van der Waals surface area contributed by atoms with E-state index in [0.29, 0.717) is 34.4 Å². The number of benzene rings is 2. The van der Waals surface area contributed by atoms with Gasteiger partial charge in [0.1, 0.15) is 17.8 Å². The molecule has 0 saturated carbocycles. The summed E-state index contributed by atoms with van der Waals surface area (Å²) in [5, 5.41) is 4.42. The number of anilines is 1. The van der Waals surface area contributed by atoms with Gasteiger partial charge in [0.15, 0.2) is 5.82 Å². The van der Waals surface area contributed by atoms with Crippen LogP contribution < -0.4 is 14.2 Å². The average Bonchev–Trinajstić information content (AvgIpc) is 3.14. The first-order valence-electron chi connectivity index (χ1n) is 10.5. The van der Waals surface area contributed by atoms with E-state index in [-0.39, 0.29) is 4.90 Å². The molecule has 10 heteroatoms. The number of sulfonamides is 1. The minimum atomic E-state index is -3.78. The Kier molecular flexibility index (Phi) is 6.25. The summed E-state index contributed by atoms with van der Waals surface area (Å²) in [6.07, 6.45) is 1.41. The van der Waals surface area contributed by atoms with Gasteiger partial charge in [-0.1, -0.05) is 0 Å². The Morgan fingerprint density at radius 1 is 0.912 bits per heavy atom. The summed E-state index contributed by atoms with van der Waals surface area (Å²) in [6, 6.07) is 13.5. The third-order valence-corrected chi connectivity index (χ3v) is 6.69. The van der Waals surface area contributed by atoms with Gasteiger partial charge in [-0.15, -0.1) is 0 Å². The number of aromatic nitrogens is 4. The quantitative estimate of drug-likeness (QED) is 0.416. The smallest absolute Gasteiger partial charge is 0.262 e. The van der Waals surface area contributed by atoms with Crippen LogP contribution in [0.3, 0.4) is 0 Å². The maximum absolute atomic E-state index is 12.9. The summed E-state index contributed by atoms with van der Waals surface area (Å²) in [6.45, 7) is 7.39. The van der Waals surface area contributed by atoms with E-state index in [2.05, 4.69) is 19.8 Å². The molecule has 1 N–H and O–H groups in total. The van der Waals surface area contributed by atoms with Gasteiger partial charge in [-0.3, -0.25) is 4.72 Å². The predicted octanol–water partition coefficient (Wildman–Crippen LogP) is 4.50. The molecule has 0 amide bonds. The Morgan fingerprint density at radius 2 is 1.65 bits per heavy atom. The van der Waals surface area contributed by atoms with Crippen LogP contribution in [0.2, 0.25) is 0 Å². The summed E-state index contributed by atoms with van der Waals surface area (Å²) in [5.74, 6) is 2.07. The normalized spacial score (nSPS) is 11.3. The van der Waals surface area contributed by atoms with Crippen LogP contribution in [-0.4, -0.2) is 35.3 Å². The van der Waals surface area contributed by atoms with Gasteiger partial charge in [0.2, 0.25) is 5.88 Å². The fourth-order valence-corrected chi connectivity index (χ4v) is 4.93. The highest BCUT2D eigenvalue weighted by Gasteiger charge is 2.19. The second-order valence-corrected chi connectivity index (χ2v) is 9.52. The van der Waals surface area contributed by atoms with E-state index in [1.54, 1.807) is 68.1 Å². The van der Waals surface area contributed by atoms with Crippen LogP contribution in [0.1, 0.15) is 22.5 Å². The lowest BCUT2D eigenvalue weighted by Crippen LogP contribution is -2.14. The van der Waals surface area contributed by atoms with Crippen LogP contribution in [0.25, 0.3) is 5.82 Å². The van der Waals surface area contributed by atoms with Crippen molar-refractivity contribution < 1.29 is 17.9 Å². The Balaban J connectivity index is 1.50. The lowest BCUT2D eigenvalue weighted by atomic mass is 10.1. The lowest BCUT2D eigenvalue weighted by molar-refractivity contribution is 0.411. The van der Waals surface area contributed by atoms with Crippen molar-refractivity contribution in [1.82, 2.24) is 19.7 Å². The molecule has 0 bridgehead atoms. The highest BCUT2D eigenvalue weighted by Crippen LogP contribution is 2.28. The number of nitrogens with one attached hydrogen (secondary N) is 1. The number of hydrogen-bond acceptors (Lipinski definition) is 7. The van der Waals surface area contributed by atoms with Crippen molar-refractivity contribution in [1.29, 1.82) is 0 Å². The van der Waals surface area contributed by atoms with E-state index in [9.17, 15) is 8.42 Å². The molecule has 0 aliphatic heterocycles.